The van der Waals surface area contributed by atoms with Gasteiger partial charge in [0.05, 0.1) is 9.72 Å². The smallest absolute Gasteiger partial charge is 0.0605 e. The lowest BCUT2D eigenvalue weighted by molar-refractivity contribution is 1.29. The SMILES string of the molecule is Clc1cc(N(c2ccccc2)c2ccccc2)cc2c1sc1ccc3ccccc3c12. The summed E-state index contributed by atoms with van der Waals surface area (Å²) in [7, 11) is 0. The summed E-state index contributed by atoms with van der Waals surface area (Å²) >= 11 is 8.65. The van der Waals surface area contributed by atoms with Gasteiger partial charge in [-0.2, -0.15) is 0 Å². The molecule has 0 N–H and O–H groups in total. The van der Waals surface area contributed by atoms with Crippen LogP contribution in [0.5, 0.6) is 0 Å². The van der Waals surface area contributed by atoms with E-state index in [0.717, 1.165) is 26.8 Å². The Hall–Kier alpha value is -3.33. The molecule has 0 aliphatic carbocycles. The van der Waals surface area contributed by atoms with Crippen LogP contribution in [0.25, 0.3) is 30.9 Å². The maximum absolute atomic E-state index is 6.89. The molecular weight excluding hydrogens is 418 g/mol. The molecule has 1 heterocycles. The molecule has 31 heavy (non-hydrogen) atoms. The molecule has 0 aliphatic heterocycles. The Kier molecular flexibility index (Phi) is 4.41. The van der Waals surface area contributed by atoms with Gasteiger partial charge in [0.2, 0.25) is 0 Å². The van der Waals surface area contributed by atoms with Crippen molar-refractivity contribution in [2.45, 2.75) is 0 Å². The maximum Gasteiger partial charge on any atom is 0.0605 e. The second kappa shape index (κ2) is 7.42. The average molecular weight is 436 g/mol. The highest BCUT2D eigenvalue weighted by atomic mass is 35.5. The summed E-state index contributed by atoms with van der Waals surface area (Å²) < 4.78 is 2.40. The van der Waals surface area contributed by atoms with E-state index in [9.17, 15) is 0 Å². The van der Waals surface area contributed by atoms with Gasteiger partial charge in [-0.25, -0.2) is 0 Å². The van der Waals surface area contributed by atoms with Crippen LogP contribution in [0.15, 0.2) is 109 Å². The monoisotopic (exact) mass is 435 g/mol. The number of para-hydroxylation sites is 2. The lowest BCUT2D eigenvalue weighted by atomic mass is 10.0. The van der Waals surface area contributed by atoms with Crippen LogP contribution in [0.2, 0.25) is 5.02 Å². The molecule has 148 valence electrons. The minimum Gasteiger partial charge on any atom is -0.310 e. The molecule has 0 bridgehead atoms. The lowest BCUT2D eigenvalue weighted by Gasteiger charge is -2.25. The minimum absolute atomic E-state index is 0.787. The van der Waals surface area contributed by atoms with Gasteiger partial charge in [-0.15, -0.1) is 11.3 Å². The molecule has 0 aliphatic rings. The average Bonchev–Trinajstić information content (AvgIpc) is 3.21. The molecular formula is C28H18ClNS. The highest BCUT2D eigenvalue weighted by Crippen LogP contribution is 2.45. The van der Waals surface area contributed by atoms with Gasteiger partial charge in [0.1, 0.15) is 0 Å². The topological polar surface area (TPSA) is 3.24 Å². The number of hydrogen-bond acceptors (Lipinski definition) is 2. The van der Waals surface area contributed by atoms with Crippen LogP contribution in [-0.4, -0.2) is 0 Å². The highest BCUT2D eigenvalue weighted by Gasteiger charge is 2.17. The number of anilines is 3. The maximum atomic E-state index is 6.89. The van der Waals surface area contributed by atoms with E-state index in [-0.39, 0.29) is 0 Å². The van der Waals surface area contributed by atoms with E-state index in [0.29, 0.717) is 0 Å². The Bertz CT molecular complexity index is 1500. The van der Waals surface area contributed by atoms with Crippen LogP contribution in [0.3, 0.4) is 0 Å². The van der Waals surface area contributed by atoms with Crippen molar-refractivity contribution < 1.29 is 0 Å². The van der Waals surface area contributed by atoms with E-state index >= 15 is 0 Å². The summed E-state index contributed by atoms with van der Waals surface area (Å²) in [6.45, 7) is 0. The van der Waals surface area contributed by atoms with Crippen molar-refractivity contribution in [1.29, 1.82) is 0 Å². The van der Waals surface area contributed by atoms with Crippen molar-refractivity contribution in [3.63, 3.8) is 0 Å². The molecule has 1 aromatic heterocycles. The predicted molar refractivity (Wildman–Crippen MR) is 137 cm³/mol. The van der Waals surface area contributed by atoms with Gasteiger partial charge in [0, 0.05) is 32.5 Å². The number of fused-ring (bicyclic) bond motifs is 5. The first-order valence-corrected chi connectivity index (χ1v) is 11.4. The molecule has 0 fully saturated rings. The van der Waals surface area contributed by atoms with Gasteiger partial charge in [0.15, 0.2) is 0 Å². The van der Waals surface area contributed by atoms with Crippen LogP contribution in [0.4, 0.5) is 17.1 Å². The van der Waals surface area contributed by atoms with Crippen LogP contribution in [0.1, 0.15) is 0 Å². The molecule has 0 saturated carbocycles. The summed E-state index contributed by atoms with van der Waals surface area (Å²) in [6, 6.07) is 38.2. The van der Waals surface area contributed by atoms with Gasteiger partial charge in [-0.1, -0.05) is 78.3 Å². The zero-order valence-corrected chi connectivity index (χ0v) is 18.2. The van der Waals surface area contributed by atoms with Crippen LogP contribution in [0, 0.1) is 0 Å². The first-order valence-electron chi connectivity index (χ1n) is 10.2. The van der Waals surface area contributed by atoms with Crippen molar-refractivity contribution in [2.75, 3.05) is 4.90 Å². The Labute approximate surface area is 189 Å². The molecule has 0 radical (unpaired) electrons. The van der Waals surface area contributed by atoms with E-state index in [1.807, 2.05) is 12.1 Å². The molecule has 0 spiro atoms. The molecule has 0 unspecified atom stereocenters. The fraction of sp³-hybridized carbons (Fsp3) is 0. The van der Waals surface area contributed by atoms with Gasteiger partial charge < -0.3 is 4.90 Å². The molecule has 0 amide bonds. The normalized spacial score (nSPS) is 11.4. The molecule has 0 saturated heterocycles. The minimum atomic E-state index is 0.787. The zero-order valence-electron chi connectivity index (χ0n) is 16.6. The van der Waals surface area contributed by atoms with Crippen molar-refractivity contribution in [3.05, 3.63) is 114 Å². The second-order valence-corrected chi connectivity index (χ2v) is 9.03. The summed E-state index contributed by atoms with van der Waals surface area (Å²) in [5.74, 6) is 0. The predicted octanol–water partition coefficient (Wildman–Crippen LogP) is 9.33. The summed E-state index contributed by atoms with van der Waals surface area (Å²) in [5.41, 5.74) is 3.27. The van der Waals surface area contributed by atoms with Crippen LogP contribution in [-0.2, 0) is 0 Å². The van der Waals surface area contributed by atoms with E-state index in [2.05, 4.69) is 102 Å². The van der Waals surface area contributed by atoms with Crippen molar-refractivity contribution in [3.8, 4) is 0 Å². The van der Waals surface area contributed by atoms with Crippen molar-refractivity contribution >= 4 is 70.9 Å². The first kappa shape index (κ1) is 18.4. The van der Waals surface area contributed by atoms with E-state index < -0.39 is 0 Å². The standard InChI is InChI=1S/C28H18ClNS/c29-25-18-22(30(20-10-3-1-4-11-20)21-12-5-2-6-13-21)17-24-27-23-14-8-7-9-19(23)15-16-26(27)31-28(24)25/h1-18H. The van der Waals surface area contributed by atoms with E-state index in [1.165, 1.54) is 26.2 Å². The van der Waals surface area contributed by atoms with Gasteiger partial charge in [-0.05, 0) is 53.2 Å². The quantitative estimate of drug-likeness (QED) is 0.267. The Morgan fingerprint density at radius 1 is 0.581 bits per heavy atom. The Balaban J connectivity index is 1.68. The zero-order chi connectivity index (χ0) is 20.8. The molecule has 0 atom stereocenters. The number of rotatable bonds is 3. The second-order valence-electron chi connectivity index (χ2n) is 7.57. The third-order valence-corrected chi connectivity index (χ3v) is 7.30. The largest absolute Gasteiger partial charge is 0.310 e. The van der Waals surface area contributed by atoms with Gasteiger partial charge >= 0.3 is 0 Å². The molecule has 6 rings (SSSR count). The van der Waals surface area contributed by atoms with Crippen molar-refractivity contribution in [2.24, 2.45) is 0 Å². The number of benzene rings is 5. The van der Waals surface area contributed by atoms with E-state index in [1.54, 1.807) is 11.3 Å². The van der Waals surface area contributed by atoms with Crippen molar-refractivity contribution in [1.82, 2.24) is 0 Å². The fourth-order valence-electron chi connectivity index (χ4n) is 4.32. The summed E-state index contributed by atoms with van der Waals surface area (Å²) in [6.07, 6.45) is 0. The lowest BCUT2D eigenvalue weighted by Crippen LogP contribution is -2.09. The van der Waals surface area contributed by atoms with Crippen LogP contribution >= 0.6 is 22.9 Å². The molecule has 1 nitrogen and oxygen atoms in total. The van der Waals surface area contributed by atoms with Gasteiger partial charge in [-0.3, -0.25) is 0 Å². The molecule has 5 aromatic carbocycles. The van der Waals surface area contributed by atoms with Crippen LogP contribution < -0.4 is 4.90 Å². The molecule has 6 aromatic rings. The first-order chi connectivity index (χ1) is 15.3. The molecule has 3 heteroatoms. The van der Waals surface area contributed by atoms with Gasteiger partial charge in [0.25, 0.3) is 0 Å². The fourth-order valence-corrected chi connectivity index (χ4v) is 5.76. The van der Waals surface area contributed by atoms with E-state index in [4.69, 9.17) is 11.6 Å². The summed E-state index contributed by atoms with van der Waals surface area (Å²) in [4.78, 5) is 2.26. The number of thiophene rings is 1. The number of nitrogens with zero attached hydrogens (tertiary/aromatic N) is 1. The Morgan fingerprint density at radius 3 is 1.94 bits per heavy atom. The number of hydrogen-bond donors (Lipinski definition) is 0. The number of halogens is 1. The summed E-state index contributed by atoms with van der Waals surface area (Å²) in [5, 5.41) is 5.79. The Morgan fingerprint density at radius 2 is 1.23 bits per heavy atom. The third-order valence-electron chi connectivity index (χ3n) is 5.69. The highest BCUT2D eigenvalue weighted by molar-refractivity contribution is 7.26. The third kappa shape index (κ3) is 3.07.